The monoisotopic (exact) mass is 387 g/mol. The van der Waals surface area contributed by atoms with Crippen molar-refractivity contribution in [2.75, 3.05) is 18.1 Å². The minimum Gasteiger partial charge on any atom is -0.457 e. The number of hydrogen-bond acceptors (Lipinski definition) is 4. The van der Waals surface area contributed by atoms with Crippen LogP contribution in [0.5, 0.6) is 0 Å². The summed E-state index contributed by atoms with van der Waals surface area (Å²) in [5, 5.41) is 0. The quantitative estimate of drug-likeness (QED) is 0.564. The predicted octanol–water partition coefficient (Wildman–Crippen LogP) is 3.31. The Balaban J connectivity index is 1.61. The molecule has 2 aromatic rings. The Labute approximate surface area is 160 Å². The van der Waals surface area contributed by atoms with Crippen LogP contribution in [0.3, 0.4) is 0 Å². The topological polar surface area (TPSA) is 63.7 Å². The summed E-state index contributed by atoms with van der Waals surface area (Å²) in [6.45, 7) is 1.56. The molecular weight excluding hydrogens is 368 g/mol. The number of benzene rings is 2. The van der Waals surface area contributed by atoms with E-state index in [0.29, 0.717) is 0 Å². The van der Waals surface area contributed by atoms with Crippen LogP contribution in [-0.4, -0.2) is 30.8 Å². The highest BCUT2D eigenvalue weighted by Gasteiger charge is 2.37. The first kappa shape index (κ1) is 19.7. The molecule has 1 fully saturated rings. The van der Waals surface area contributed by atoms with Crippen molar-refractivity contribution in [2.45, 2.75) is 19.8 Å². The van der Waals surface area contributed by atoms with Gasteiger partial charge in [-0.3, -0.25) is 14.4 Å². The number of rotatable bonds is 6. The number of carbonyl (C=O) groups is 3. The highest BCUT2D eigenvalue weighted by atomic mass is 19.2. The van der Waals surface area contributed by atoms with Crippen molar-refractivity contribution in [3.63, 3.8) is 0 Å². The Hall–Kier alpha value is -3.09. The first-order valence-corrected chi connectivity index (χ1v) is 8.93. The third-order valence-electron chi connectivity index (χ3n) is 4.71. The van der Waals surface area contributed by atoms with E-state index < -0.39 is 35.9 Å². The number of esters is 1. The lowest BCUT2D eigenvalue weighted by molar-refractivity contribution is -0.147. The molecular formula is C21H19F2NO4. The second-order valence-electron chi connectivity index (χ2n) is 6.55. The van der Waals surface area contributed by atoms with Crippen molar-refractivity contribution in [1.82, 2.24) is 0 Å². The van der Waals surface area contributed by atoms with Crippen molar-refractivity contribution < 1.29 is 27.9 Å². The molecule has 146 valence electrons. The molecule has 1 heterocycles. The first-order valence-electron chi connectivity index (χ1n) is 8.93. The van der Waals surface area contributed by atoms with Gasteiger partial charge in [-0.1, -0.05) is 25.1 Å². The van der Waals surface area contributed by atoms with E-state index in [2.05, 4.69) is 0 Å². The van der Waals surface area contributed by atoms with Crippen LogP contribution in [0.25, 0.3) is 0 Å². The van der Waals surface area contributed by atoms with E-state index >= 15 is 0 Å². The number of carbonyl (C=O) groups excluding carboxylic acids is 3. The highest BCUT2D eigenvalue weighted by Crippen LogP contribution is 2.29. The molecule has 0 radical (unpaired) electrons. The maximum Gasteiger partial charge on any atom is 0.311 e. The molecule has 0 N–H and O–H groups in total. The maximum absolute atomic E-state index is 13.2. The second kappa shape index (κ2) is 8.29. The van der Waals surface area contributed by atoms with Crippen LogP contribution in [0.1, 0.15) is 29.3 Å². The predicted molar refractivity (Wildman–Crippen MR) is 97.9 cm³/mol. The average Bonchev–Trinajstić information content (AvgIpc) is 3.09. The normalized spacial score (nSPS) is 16.3. The molecule has 0 saturated carbocycles. The van der Waals surface area contributed by atoms with Gasteiger partial charge in [-0.05, 0) is 36.2 Å². The van der Waals surface area contributed by atoms with Gasteiger partial charge in [0.1, 0.15) is 0 Å². The van der Waals surface area contributed by atoms with Crippen LogP contribution in [0.4, 0.5) is 14.5 Å². The van der Waals surface area contributed by atoms with E-state index in [1.165, 1.54) is 0 Å². The fourth-order valence-corrected chi connectivity index (χ4v) is 3.18. The van der Waals surface area contributed by atoms with Crippen LogP contribution >= 0.6 is 0 Å². The lowest BCUT2D eigenvalue weighted by Crippen LogP contribution is -2.28. The lowest BCUT2D eigenvalue weighted by Gasteiger charge is -2.19. The third kappa shape index (κ3) is 4.08. The Bertz CT molecular complexity index is 928. The smallest absolute Gasteiger partial charge is 0.311 e. The molecule has 0 unspecified atom stereocenters. The minimum atomic E-state index is -1.15. The minimum absolute atomic E-state index is 0.00372. The lowest BCUT2D eigenvalue weighted by atomic mass is 10.1. The number of ether oxygens (including phenoxy) is 1. The van der Waals surface area contributed by atoms with Gasteiger partial charge in [-0.2, -0.15) is 0 Å². The Morgan fingerprint density at radius 1 is 1.14 bits per heavy atom. The molecule has 1 amide bonds. The standard InChI is InChI=1S/C21H19F2NO4/c1-2-13-5-3-4-6-18(13)24-11-15(10-20(24)26)21(27)28-12-19(25)14-7-8-16(22)17(23)9-14/h3-9,15H,2,10-12H2,1H3/t15-/m0/s1. The van der Waals surface area contributed by atoms with Crippen LogP contribution in [0, 0.1) is 17.6 Å². The summed E-state index contributed by atoms with van der Waals surface area (Å²) in [5.41, 5.74) is 1.68. The van der Waals surface area contributed by atoms with Crippen LogP contribution in [-0.2, 0) is 20.7 Å². The number of nitrogens with zero attached hydrogens (tertiary/aromatic N) is 1. The number of Topliss-reactive ketones (excluding diaryl/α,β-unsaturated/α-hetero) is 1. The fraction of sp³-hybridized carbons (Fsp3) is 0.286. The summed E-state index contributed by atoms with van der Waals surface area (Å²) in [6, 6.07) is 10.2. The Kier molecular flexibility index (Phi) is 5.82. The maximum atomic E-state index is 13.2. The van der Waals surface area contributed by atoms with Gasteiger partial charge in [-0.25, -0.2) is 8.78 Å². The van der Waals surface area contributed by atoms with Gasteiger partial charge >= 0.3 is 5.97 Å². The number of para-hydroxylation sites is 1. The van der Waals surface area contributed by atoms with Gasteiger partial charge in [0.15, 0.2) is 24.0 Å². The molecule has 2 aromatic carbocycles. The molecule has 0 aromatic heterocycles. The Morgan fingerprint density at radius 2 is 1.89 bits per heavy atom. The number of anilines is 1. The summed E-state index contributed by atoms with van der Waals surface area (Å²) < 4.78 is 31.2. The van der Waals surface area contributed by atoms with Gasteiger partial charge in [0.2, 0.25) is 5.91 Å². The van der Waals surface area contributed by atoms with E-state index in [-0.39, 0.29) is 24.4 Å². The van der Waals surface area contributed by atoms with Gasteiger partial charge in [-0.15, -0.1) is 0 Å². The number of aryl methyl sites for hydroxylation is 1. The SMILES string of the molecule is CCc1ccccc1N1C[C@@H](C(=O)OCC(=O)c2ccc(F)c(F)c2)CC1=O. The molecule has 0 bridgehead atoms. The fourth-order valence-electron chi connectivity index (χ4n) is 3.18. The molecule has 28 heavy (non-hydrogen) atoms. The van der Waals surface area contributed by atoms with Crippen molar-refractivity contribution in [3.05, 3.63) is 65.2 Å². The van der Waals surface area contributed by atoms with Crippen LogP contribution in [0.2, 0.25) is 0 Å². The molecule has 1 atom stereocenters. The summed E-state index contributed by atoms with van der Waals surface area (Å²) in [7, 11) is 0. The second-order valence-corrected chi connectivity index (χ2v) is 6.55. The number of amides is 1. The first-order chi connectivity index (χ1) is 13.4. The molecule has 1 saturated heterocycles. The summed E-state index contributed by atoms with van der Waals surface area (Å²) >= 11 is 0. The van der Waals surface area contributed by atoms with E-state index in [1.54, 1.807) is 4.90 Å². The zero-order chi connectivity index (χ0) is 20.3. The molecule has 7 heteroatoms. The molecule has 0 aliphatic carbocycles. The van der Waals surface area contributed by atoms with Crippen molar-refractivity contribution in [3.8, 4) is 0 Å². The van der Waals surface area contributed by atoms with Crippen molar-refractivity contribution in [1.29, 1.82) is 0 Å². The van der Waals surface area contributed by atoms with Crippen molar-refractivity contribution in [2.24, 2.45) is 5.92 Å². The molecule has 0 spiro atoms. The molecule has 1 aliphatic heterocycles. The van der Waals surface area contributed by atoms with Gasteiger partial charge < -0.3 is 9.64 Å². The summed E-state index contributed by atoms with van der Waals surface area (Å²) in [4.78, 5) is 38.2. The average molecular weight is 387 g/mol. The van der Waals surface area contributed by atoms with Crippen molar-refractivity contribution >= 4 is 23.3 Å². The number of ketones is 1. The van der Waals surface area contributed by atoms with Gasteiger partial charge in [0.25, 0.3) is 0 Å². The van der Waals surface area contributed by atoms with Gasteiger partial charge in [0, 0.05) is 24.2 Å². The van der Waals surface area contributed by atoms with Crippen LogP contribution < -0.4 is 4.90 Å². The van der Waals surface area contributed by atoms with E-state index in [0.717, 1.165) is 35.9 Å². The molecule has 3 rings (SSSR count). The number of hydrogen-bond donors (Lipinski definition) is 0. The zero-order valence-electron chi connectivity index (χ0n) is 15.3. The summed E-state index contributed by atoms with van der Waals surface area (Å²) in [6.07, 6.45) is 0.744. The number of halogens is 2. The van der Waals surface area contributed by atoms with E-state index in [1.807, 2.05) is 31.2 Å². The van der Waals surface area contributed by atoms with E-state index in [4.69, 9.17) is 4.74 Å². The third-order valence-corrected chi connectivity index (χ3v) is 4.71. The summed E-state index contributed by atoms with van der Waals surface area (Å²) in [5.74, 6) is -4.40. The van der Waals surface area contributed by atoms with Crippen LogP contribution in [0.15, 0.2) is 42.5 Å². The highest BCUT2D eigenvalue weighted by molar-refractivity contribution is 6.01. The zero-order valence-corrected chi connectivity index (χ0v) is 15.3. The van der Waals surface area contributed by atoms with E-state index in [9.17, 15) is 23.2 Å². The molecule has 5 nitrogen and oxygen atoms in total. The molecule has 1 aliphatic rings. The largest absolute Gasteiger partial charge is 0.457 e. The Morgan fingerprint density at radius 3 is 2.61 bits per heavy atom. The van der Waals surface area contributed by atoms with Gasteiger partial charge in [0.05, 0.1) is 5.92 Å².